The first-order valence-corrected chi connectivity index (χ1v) is 7.00. The Balaban J connectivity index is 2.10. The van der Waals surface area contributed by atoms with E-state index in [-0.39, 0.29) is 6.04 Å². The van der Waals surface area contributed by atoms with Crippen LogP contribution in [0.3, 0.4) is 0 Å². The molecular formula is C16H23N3O. The van der Waals surface area contributed by atoms with Crippen molar-refractivity contribution in [1.82, 2.24) is 9.78 Å². The molecule has 2 aromatic rings. The van der Waals surface area contributed by atoms with Crippen LogP contribution in [0.25, 0.3) is 0 Å². The van der Waals surface area contributed by atoms with Crippen LogP contribution >= 0.6 is 0 Å². The van der Waals surface area contributed by atoms with Crippen LogP contribution in [0.2, 0.25) is 0 Å². The summed E-state index contributed by atoms with van der Waals surface area (Å²) in [6, 6.07) is 8.40. The van der Waals surface area contributed by atoms with Crippen LogP contribution in [-0.4, -0.2) is 9.78 Å². The fourth-order valence-corrected chi connectivity index (χ4v) is 2.05. The number of nitrogens with two attached hydrogens (primary N) is 1. The molecule has 0 saturated carbocycles. The molecule has 0 aliphatic carbocycles. The van der Waals surface area contributed by atoms with Crippen LogP contribution in [-0.2, 0) is 6.61 Å². The Labute approximate surface area is 120 Å². The van der Waals surface area contributed by atoms with E-state index in [1.54, 1.807) is 0 Å². The standard InChI is InChI=1S/C16H23N3O/c1-11(2)19-8-7-14(18-19)10-20-16-6-5-12(3)9-15(16)13(4)17/h5-9,11,13H,10,17H2,1-4H3. The second-order valence-electron chi connectivity index (χ2n) is 5.50. The average molecular weight is 273 g/mol. The van der Waals surface area contributed by atoms with E-state index < -0.39 is 0 Å². The van der Waals surface area contributed by atoms with E-state index in [0.29, 0.717) is 12.6 Å². The van der Waals surface area contributed by atoms with Crippen molar-refractivity contribution < 1.29 is 4.74 Å². The molecule has 20 heavy (non-hydrogen) atoms. The maximum atomic E-state index is 6.00. The summed E-state index contributed by atoms with van der Waals surface area (Å²) in [6.07, 6.45) is 1.98. The maximum absolute atomic E-state index is 6.00. The first kappa shape index (κ1) is 14.6. The van der Waals surface area contributed by atoms with Crippen LogP contribution in [0.4, 0.5) is 0 Å². The first-order valence-electron chi connectivity index (χ1n) is 7.00. The van der Waals surface area contributed by atoms with Gasteiger partial charge >= 0.3 is 0 Å². The van der Waals surface area contributed by atoms with Gasteiger partial charge < -0.3 is 10.5 Å². The van der Waals surface area contributed by atoms with E-state index in [9.17, 15) is 0 Å². The van der Waals surface area contributed by atoms with Gasteiger partial charge in [0.05, 0.1) is 5.69 Å². The molecule has 0 radical (unpaired) electrons. The highest BCUT2D eigenvalue weighted by Crippen LogP contribution is 2.25. The van der Waals surface area contributed by atoms with Crippen molar-refractivity contribution in [3.63, 3.8) is 0 Å². The summed E-state index contributed by atoms with van der Waals surface area (Å²) < 4.78 is 7.81. The van der Waals surface area contributed by atoms with E-state index in [0.717, 1.165) is 17.0 Å². The molecule has 0 aliphatic heterocycles. The Morgan fingerprint density at radius 2 is 2.00 bits per heavy atom. The van der Waals surface area contributed by atoms with E-state index in [4.69, 9.17) is 10.5 Å². The molecule has 1 unspecified atom stereocenters. The summed E-state index contributed by atoms with van der Waals surface area (Å²) in [7, 11) is 0. The summed E-state index contributed by atoms with van der Waals surface area (Å²) in [6.45, 7) is 8.69. The molecule has 0 aliphatic rings. The van der Waals surface area contributed by atoms with Crippen LogP contribution in [0.15, 0.2) is 30.5 Å². The maximum Gasteiger partial charge on any atom is 0.132 e. The highest BCUT2D eigenvalue weighted by atomic mass is 16.5. The molecule has 2 rings (SSSR count). The largest absolute Gasteiger partial charge is 0.487 e. The lowest BCUT2D eigenvalue weighted by Crippen LogP contribution is -2.09. The van der Waals surface area contributed by atoms with Crippen LogP contribution in [0, 0.1) is 6.92 Å². The molecule has 1 atom stereocenters. The van der Waals surface area contributed by atoms with Gasteiger partial charge in [0.1, 0.15) is 12.4 Å². The van der Waals surface area contributed by atoms with E-state index in [1.807, 2.05) is 36.0 Å². The molecule has 0 saturated heterocycles. The monoisotopic (exact) mass is 273 g/mol. The molecule has 0 spiro atoms. The van der Waals surface area contributed by atoms with Gasteiger partial charge in [0, 0.05) is 23.8 Å². The SMILES string of the molecule is Cc1ccc(OCc2ccn(C(C)C)n2)c(C(C)N)c1. The van der Waals surface area contributed by atoms with Crippen molar-refractivity contribution in [2.24, 2.45) is 5.73 Å². The van der Waals surface area contributed by atoms with Crippen molar-refractivity contribution in [1.29, 1.82) is 0 Å². The van der Waals surface area contributed by atoms with Gasteiger partial charge in [-0.1, -0.05) is 17.7 Å². The zero-order chi connectivity index (χ0) is 14.7. The minimum Gasteiger partial charge on any atom is -0.487 e. The van der Waals surface area contributed by atoms with Crippen molar-refractivity contribution in [2.45, 2.75) is 46.4 Å². The Morgan fingerprint density at radius 1 is 1.25 bits per heavy atom. The van der Waals surface area contributed by atoms with E-state index >= 15 is 0 Å². The summed E-state index contributed by atoms with van der Waals surface area (Å²) in [4.78, 5) is 0. The highest BCUT2D eigenvalue weighted by molar-refractivity contribution is 5.38. The van der Waals surface area contributed by atoms with Gasteiger partial charge in [-0.3, -0.25) is 4.68 Å². The van der Waals surface area contributed by atoms with Gasteiger partial charge in [0.15, 0.2) is 0 Å². The Hall–Kier alpha value is -1.81. The Kier molecular flexibility index (Phi) is 4.45. The number of nitrogens with zero attached hydrogens (tertiary/aromatic N) is 2. The number of ether oxygens (including phenoxy) is 1. The molecule has 0 bridgehead atoms. The predicted octanol–water partition coefficient (Wildman–Crippen LogP) is 3.37. The average Bonchev–Trinajstić information content (AvgIpc) is 2.86. The lowest BCUT2D eigenvalue weighted by atomic mass is 10.1. The van der Waals surface area contributed by atoms with Gasteiger partial charge in [-0.15, -0.1) is 0 Å². The number of aromatic nitrogens is 2. The number of hydrogen-bond donors (Lipinski definition) is 1. The van der Waals surface area contributed by atoms with Crippen molar-refractivity contribution in [3.8, 4) is 5.75 Å². The zero-order valence-corrected chi connectivity index (χ0v) is 12.6. The third kappa shape index (κ3) is 3.39. The molecule has 0 amide bonds. The molecule has 2 N–H and O–H groups in total. The van der Waals surface area contributed by atoms with Crippen LogP contribution in [0.5, 0.6) is 5.75 Å². The van der Waals surface area contributed by atoms with Crippen molar-refractivity contribution in [2.75, 3.05) is 0 Å². The zero-order valence-electron chi connectivity index (χ0n) is 12.6. The highest BCUT2D eigenvalue weighted by Gasteiger charge is 2.09. The van der Waals surface area contributed by atoms with Gasteiger partial charge in [0.2, 0.25) is 0 Å². The minimum absolute atomic E-state index is 0.0434. The number of aryl methyl sites for hydroxylation is 1. The van der Waals surface area contributed by atoms with E-state index in [2.05, 4.69) is 31.9 Å². The molecule has 4 heteroatoms. The minimum atomic E-state index is -0.0434. The van der Waals surface area contributed by atoms with Crippen molar-refractivity contribution in [3.05, 3.63) is 47.3 Å². The summed E-state index contributed by atoms with van der Waals surface area (Å²) >= 11 is 0. The molecule has 4 nitrogen and oxygen atoms in total. The van der Waals surface area contributed by atoms with Gasteiger partial charge in [-0.25, -0.2) is 0 Å². The smallest absolute Gasteiger partial charge is 0.132 e. The molecule has 1 heterocycles. The summed E-state index contributed by atoms with van der Waals surface area (Å²) in [5.74, 6) is 0.838. The summed E-state index contributed by atoms with van der Waals surface area (Å²) in [5.41, 5.74) is 9.15. The first-order chi connectivity index (χ1) is 9.47. The van der Waals surface area contributed by atoms with Gasteiger partial charge in [-0.2, -0.15) is 5.10 Å². The lowest BCUT2D eigenvalue weighted by Gasteiger charge is -2.14. The molecule has 108 valence electrons. The molecular weight excluding hydrogens is 250 g/mol. The normalized spacial score (nSPS) is 12.7. The molecule has 1 aromatic carbocycles. The fourth-order valence-electron chi connectivity index (χ4n) is 2.05. The van der Waals surface area contributed by atoms with Crippen LogP contribution in [0.1, 0.15) is 49.7 Å². The second-order valence-corrected chi connectivity index (χ2v) is 5.50. The summed E-state index contributed by atoms with van der Waals surface area (Å²) in [5, 5.41) is 4.48. The second kappa shape index (κ2) is 6.09. The molecule has 1 aromatic heterocycles. The third-order valence-corrected chi connectivity index (χ3v) is 3.22. The Bertz CT molecular complexity index is 573. The van der Waals surface area contributed by atoms with Crippen molar-refractivity contribution >= 4 is 0 Å². The van der Waals surface area contributed by atoms with E-state index in [1.165, 1.54) is 5.56 Å². The topological polar surface area (TPSA) is 53.1 Å². The molecule has 0 fully saturated rings. The quantitative estimate of drug-likeness (QED) is 0.908. The number of hydrogen-bond acceptors (Lipinski definition) is 3. The van der Waals surface area contributed by atoms with Gasteiger partial charge in [0.25, 0.3) is 0 Å². The van der Waals surface area contributed by atoms with Gasteiger partial charge in [-0.05, 0) is 39.8 Å². The number of benzene rings is 1. The fraction of sp³-hybridized carbons (Fsp3) is 0.438. The number of rotatable bonds is 5. The Morgan fingerprint density at radius 3 is 2.60 bits per heavy atom. The predicted molar refractivity (Wildman–Crippen MR) is 80.7 cm³/mol. The third-order valence-electron chi connectivity index (χ3n) is 3.22. The lowest BCUT2D eigenvalue weighted by molar-refractivity contribution is 0.294. The van der Waals surface area contributed by atoms with Crippen LogP contribution < -0.4 is 10.5 Å².